The van der Waals surface area contributed by atoms with E-state index in [1.54, 1.807) is 0 Å². The minimum atomic E-state index is -0.453. The molecule has 0 saturated carbocycles. The van der Waals surface area contributed by atoms with Gasteiger partial charge in [0.25, 0.3) is 0 Å². The molecular formula is C18H36O3. The van der Waals surface area contributed by atoms with Crippen molar-refractivity contribution in [2.75, 3.05) is 6.61 Å². The highest BCUT2D eigenvalue weighted by atomic mass is 16.7. The molecule has 126 valence electrons. The van der Waals surface area contributed by atoms with E-state index in [4.69, 9.17) is 14.6 Å². The molecule has 21 heavy (non-hydrogen) atoms. The summed E-state index contributed by atoms with van der Waals surface area (Å²) in [6.45, 7) is 6.49. The molecule has 0 bridgehead atoms. The molecular weight excluding hydrogens is 264 g/mol. The van der Waals surface area contributed by atoms with Crippen LogP contribution in [0.4, 0.5) is 0 Å². The zero-order valence-electron chi connectivity index (χ0n) is 14.4. The molecule has 3 heteroatoms. The van der Waals surface area contributed by atoms with Gasteiger partial charge in [0.2, 0.25) is 0 Å². The Hall–Kier alpha value is -0.120. The molecule has 0 unspecified atom stereocenters. The molecule has 1 aliphatic heterocycles. The van der Waals surface area contributed by atoms with Crippen LogP contribution in [-0.4, -0.2) is 29.7 Å². The number of hydrogen-bond acceptors (Lipinski definition) is 3. The van der Waals surface area contributed by atoms with Crippen molar-refractivity contribution in [1.29, 1.82) is 0 Å². The third-order valence-corrected chi connectivity index (χ3v) is 4.27. The summed E-state index contributed by atoms with van der Waals surface area (Å²) in [6.07, 6.45) is 13.9. The lowest BCUT2D eigenvalue weighted by molar-refractivity contribution is -0.147. The molecule has 1 heterocycles. The molecule has 0 aromatic carbocycles. The maximum absolute atomic E-state index is 8.98. The fraction of sp³-hybridized carbons (Fsp3) is 1.00. The van der Waals surface area contributed by atoms with Gasteiger partial charge < -0.3 is 14.6 Å². The Bertz CT molecular complexity index is 253. The van der Waals surface area contributed by atoms with Gasteiger partial charge in [-0.05, 0) is 33.1 Å². The van der Waals surface area contributed by atoms with Crippen molar-refractivity contribution in [3.8, 4) is 0 Å². The van der Waals surface area contributed by atoms with Crippen LogP contribution in [0.5, 0.6) is 0 Å². The van der Waals surface area contributed by atoms with Gasteiger partial charge in [-0.2, -0.15) is 0 Å². The van der Waals surface area contributed by atoms with E-state index in [0.717, 1.165) is 19.3 Å². The molecule has 0 radical (unpaired) electrons. The van der Waals surface area contributed by atoms with Gasteiger partial charge >= 0.3 is 0 Å². The maximum Gasteiger partial charge on any atom is 0.163 e. The van der Waals surface area contributed by atoms with Crippen LogP contribution >= 0.6 is 0 Å². The Morgan fingerprint density at radius 1 is 0.762 bits per heavy atom. The Labute approximate surface area is 131 Å². The molecule has 1 N–H and O–H groups in total. The lowest BCUT2D eigenvalue weighted by Gasteiger charge is -2.16. The van der Waals surface area contributed by atoms with Gasteiger partial charge in [-0.1, -0.05) is 58.3 Å². The van der Waals surface area contributed by atoms with E-state index in [1.165, 1.54) is 51.4 Å². The van der Waals surface area contributed by atoms with Crippen LogP contribution in [0.3, 0.4) is 0 Å². The number of ether oxygens (including phenoxy) is 2. The second-order valence-electron chi connectivity index (χ2n) is 6.84. The Balaban J connectivity index is 2.11. The predicted molar refractivity (Wildman–Crippen MR) is 87.4 cm³/mol. The van der Waals surface area contributed by atoms with Crippen LogP contribution in [0.1, 0.15) is 91.4 Å². The summed E-state index contributed by atoms with van der Waals surface area (Å²) in [7, 11) is 0. The second-order valence-corrected chi connectivity index (χ2v) is 6.84. The third-order valence-electron chi connectivity index (χ3n) is 4.27. The zero-order valence-corrected chi connectivity index (χ0v) is 14.4. The fourth-order valence-electron chi connectivity index (χ4n) is 3.17. The zero-order chi connectivity index (χ0) is 15.6. The van der Waals surface area contributed by atoms with E-state index in [0.29, 0.717) is 0 Å². The van der Waals surface area contributed by atoms with Crippen molar-refractivity contribution in [3.63, 3.8) is 0 Å². The quantitative estimate of drug-likeness (QED) is 0.526. The van der Waals surface area contributed by atoms with Gasteiger partial charge in [-0.25, -0.2) is 0 Å². The van der Waals surface area contributed by atoms with E-state index >= 15 is 0 Å². The largest absolute Gasteiger partial charge is 0.396 e. The van der Waals surface area contributed by atoms with Crippen LogP contribution in [0.25, 0.3) is 0 Å². The van der Waals surface area contributed by atoms with Crippen LogP contribution in [0, 0.1) is 0 Å². The molecule has 3 nitrogen and oxygen atoms in total. The average Bonchev–Trinajstić information content (AvgIpc) is 2.74. The van der Waals surface area contributed by atoms with Crippen molar-refractivity contribution in [3.05, 3.63) is 0 Å². The van der Waals surface area contributed by atoms with Crippen LogP contribution in [0.2, 0.25) is 0 Å². The van der Waals surface area contributed by atoms with Gasteiger partial charge in [-0.15, -0.1) is 0 Å². The SMILES string of the molecule is CCCCCCCCCC[C@H]1OC(C)(C)O[C@@H]1CCCO. The van der Waals surface area contributed by atoms with E-state index in [1.807, 2.05) is 13.8 Å². The monoisotopic (exact) mass is 300 g/mol. The van der Waals surface area contributed by atoms with Gasteiger partial charge in [0.05, 0.1) is 12.2 Å². The smallest absolute Gasteiger partial charge is 0.163 e. The molecule has 0 aliphatic carbocycles. The summed E-state index contributed by atoms with van der Waals surface area (Å²) in [5.74, 6) is -0.453. The summed E-state index contributed by atoms with van der Waals surface area (Å²) in [6, 6.07) is 0. The standard InChI is InChI=1S/C18H36O3/c1-4-5-6-7-8-9-10-11-13-16-17(14-12-15-19)21-18(2,3)20-16/h16-17,19H,4-15H2,1-3H3/t16-,17-/m1/s1. The first-order valence-corrected chi connectivity index (χ1v) is 9.05. The average molecular weight is 300 g/mol. The summed E-state index contributed by atoms with van der Waals surface area (Å²) in [5.41, 5.74) is 0. The summed E-state index contributed by atoms with van der Waals surface area (Å²) >= 11 is 0. The number of unbranched alkanes of at least 4 members (excludes halogenated alkanes) is 7. The Kier molecular flexibility index (Phi) is 9.54. The lowest BCUT2D eigenvalue weighted by atomic mass is 10.0. The first kappa shape index (κ1) is 18.9. The van der Waals surface area contributed by atoms with E-state index in [-0.39, 0.29) is 18.8 Å². The van der Waals surface area contributed by atoms with Crippen molar-refractivity contribution >= 4 is 0 Å². The molecule has 1 rings (SSSR count). The highest BCUT2D eigenvalue weighted by molar-refractivity contribution is 4.81. The number of aliphatic hydroxyl groups excluding tert-OH is 1. The van der Waals surface area contributed by atoms with Gasteiger partial charge in [0.15, 0.2) is 5.79 Å². The minimum Gasteiger partial charge on any atom is -0.396 e. The van der Waals surface area contributed by atoms with E-state index < -0.39 is 5.79 Å². The maximum atomic E-state index is 8.98. The molecule has 0 aromatic heterocycles. The number of hydrogen-bond donors (Lipinski definition) is 1. The second kappa shape index (κ2) is 10.6. The topological polar surface area (TPSA) is 38.7 Å². The van der Waals surface area contributed by atoms with Crippen LogP contribution < -0.4 is 0 Å². The summed E-state index contributed by atoms with van der Waals surface area (Å²) in [4.78, 5) is 0. The Morgan fingerprint density at radius 2 is 1.24 bits per heavy atom. The molecule has 0 aromatic rings. The minimum absolute atomic E-state index is 0.164. The Morgan fingerprint density at radius 3 is 1.76 bits per heavy atom. The van der Waals surface area contributed by atoms with Crippen LogP contribution in [0.15, 0.2) is 0 Å². The number of aliphatic hydroxyl groups is 1. The van der Waals surface area contributed by atoms with Gasteiger partial charge in [-0.3, -0.25) is 0 Å². The number of rotatable bonds is 12. The molecule has 1 saturated heterocycles. The third kappa shape index (κ3) is 8.18. The van der Waals surface area contributed by atoms with Crippen molar-refractivity contribution in [2.24, 2.45) is 0 Å². The molecule has 2 atom stereocenters. The normalized spacial score (nSPS) is 24.6. The summed E-state index contributed by atoms with van der Waals surface area (Å²) in [5, 5.41) is 8.98. The molecule has 1 aliphatic rings. The first-order valence-electron chi connectivity index (χ1n) is 9.05. The van der Waals surface area contributed by atoms with E-state index in [9.17, 15) is 0 Å². The van der Waals surface area contributed by atoms with Crippen molar-refractivity contribution in [2.45, 2.75) is 109 Å². The van der Waals surface area contributed by atoms with Crippen molar-refractivity contribution < 1.29 is 14.6 Å². The van der Waals surface area contributed by atoms with Crippen molar-refractivity contribution in [1.82, 2.24) is 0 Å². The van der Waals surface area contributed by atoms with Crippen LogP contribution in [-0.2, 0) is 9.47 Å². The predicted octanol–water partition coefficient (Wildman–Crippen LogP) is 4.81. The first-order chi connectivity index (χ1) is 10.1. The highest BCUT2D eigenvalue weighted by Gasteiger charge is 2.40. The van der Waals surface area contributed by atoms with Gasteiger partial charge in [0.1, 0.15) is 0 Å². The molecule has 0 amide bonds. The highest BCUT2D eigenvalue weighted by Crippen LogP contribution is 2.33. The van der Waals surface area contributed by atoms with E-state index in [2.05, 4.69) is 6.92 Å². The van der Waals surface area contributed by atoms with Gasteiger partial charge in [0, 0.05) is 6.61 Å². The fourth-order valence-corrected chi connectivity index (χ4v) is 3.17. The molecule has 0 spiro atoms. The molecule has 1 fully saturated rings. The summed E-state index contributed by atoms with van der Waals surface area (Å²) < 4.78 is 12.0. The lowest BCUT2D eigenvalue weighted by Crippen LogP contribution is -2.22.